The summed E-state index contributed by atoms with van der Waals surface area (Å²) >= 11 is 0. The summed E-state index contributed by atoms with van der Waals surface area (Å²) in [4.78, 5) is 13.2. The van der Waals surface area contributed by atoms with Crippen LogP contribution < -0.4 is 20.1 Å². The topological polar surface area (TPSA) is 118 Å². The molecule has 38 heavy (non-hydrogen) atoms. The quantitative estimate of drug-likeness (QED) is 0.391. The largest absolute Gasteiger partial charge is 0.497 e. The number of alkyl halides is 2. The first kappa shape index (κ1) is 27.7. The Hall–Kier alpha value is -3.30. The van der Waals surface area contributed by atoms with E-state index in [1.54, 1.807) is 0 Å². The molecule has 0 radical (unpaired) electrons. The second-order valence-electron chi connectivity index (χ2n) is 9.75. The van der Waals surface area contributed by atoms with Crippen LogP contribution in [0.5, 0.6) is 11.5 Å². The summed E-state index contributed by atoms with van der Waals surface area (Å²) in [5, 5.41) is 14.4. The second kappa shape index (κ2) is 10.8. The van der Waals surface area contributed by atoms with Crippen LogP contribution in [0.3, 0.4) is 0 Å². The Morgan fingerprint density at radius 3 is 2.45 bits per heavy atom. The molecule has 0 heterocycles. The fourth-order valence-corrected chi connectivity index (χ4v) is 5.95. The van der Waals surface area contributed by atoms with Crippen LogP contribution in [0.15, 0.2) is 48.5 Å². The van der Waals surface area contributed by atoms with E-state index < -0.39 is 51.0 Å². The maximum absolute atomic E-state index is 15.7. The summed E-state index contributed by atoms with van der Waals surface area (Å²) in [6.07, 6.45) is -1.79. The summed E-state index contributed by atoms with van der Waals surface area (Å²) in [7, 11) is -2.46. The van der Waals surface area contributed by atoms with Gasteiger partial charge in [-0.25, -0.2) is 12.8 Å². The zero-order valence-electron chi connectivity index (χ0n) is 20.6. The zero-order valence-corrected chi connectivity index (χ0v) is 21.4. The number of sulfone groups is 1. The van der Waals surface area contributed by atoms with Gasteiger partial charge in [-0.2, -0.15) is 14.0 Å². The lowest BCUT2D eigenvalue weighted by molar-refractivity contribution is -0.202. The van der Waals surface area contributed by atoms with Crippen molar-refractivity contribution in [2.45, 2.75) is 49.4 Å². The molecule has 0 aromatic heterocycles. The Morgan fingerprint density at radius 2 is 1.87 bits per heavy atom. The molecule has 0 saturated heterocycles. The van der Waals surface area contributed by atoms with E-state index in [0.29, 0.717) is 12.8 Å². The highest BCUT2D eigenvalue weighted by Gasteiger charge is 2.49. The number of ether oxygens (including phenoxy) is 2. The van der Waals surface area contributed by atoms with Crippen molar-refractivity contribution in [2.24, 2.45) is 5.92 Å². The molecule has 2 saturated carbocycles. The summed E-state index contributed by atoms with van der Waals surface area (Å²) in [5.41, 5.74) is -1.19. The normalized spacial score (nSPS) is 18.1. The number of hydrogen-bond acceptors (Lipinski definition) is 7. The minimum atomic E-state index is -4.03. The number of rotatable bonds is 13. The van der Waals surface area contributed by atoms with Crippen molar-refractivity contribution in [1.82, 2.24) is 10.6 Å². The molecule has 1 amide bonds. The van der Waals surface area contributed by atoms with Crippen molar-refractivity contribution in [3.63, 3.8) is 0 Å². The molecular formula is C26H28F3N3O5S. The van der Waals surface area contributed by atoms with Crippen LogP contribution in [-0.4, -0.2) is 50.6 Å². The van der Waals surface area contributed by atoms with Gasteiger partial charge in [-0.3, -0.25) is 10.1 Å². The van der Waals surface area contributed by atoms with Gasteiger partial charge in [-0.1, -0.05) is 12.1 Å². The summed E-state index contributed by atoms with van der Waals surface area (Å²) < 4.78 is 80.6. The first-order valence-electron chi connectivity index (χ1n) is 12.1. The fraction of sp³-hybridized carbons (Fsp3) is 0.462. The molecule has 2 fully saturated rings. The molecule has 0 bridgehead atoms. The molecule has 8 nitrogen and oxygen atoms in total. The summed E-state index contributed by atoms with van der Waals surface area (Å²) in [6, 6.07) is 7.97. The maximum Gasteiger partial charge on any atom is 0.417 e. The van der Waals surface area contributed by atoms with Gasteiger partial charge in [0.1, 0.15) is 34.9 Å². The van der Waals surface area contributed by atoms with Crippen molar-refractivity contribution in [2.75, 3.05) is 18.6 Å². The van der Waals surface area contributed by atoms with E-state index in [9.17, 15) is 22.9 Å². The SMILES string of the molecule is COc1cccc([C@@H](NC(CS(=O)(=O)CC2CC2)C(=O)NC2(C#N)CC2)C(F)(F)Oc2ccc(F)cc2)c1. The molecule has 204 valence electrons. The molecule has 2 aromatic carbocycles. The van der Waals surface area contributed by atoms with E-state index in [-0.39, 0.29) is 28.7 Å². The van der Waals surface area contributed by atoms with Gasteiger partial charge in [-0.15, -0.1) is 0 Å². The van der Waals surface area contributed by atoms with Crippen LogP contribution in [0.1, 0.15) is 37.3 Å². The third kappa shape index (κ3) is 7.17. The molecule has 2 aliphatic rings. The third-order valence-corrected chi connectivity index (χ3v) is 8.27. The molecule has 0 aliphatic heterocycles. The molecule has 2 aromatic rings. The first-order valence-corrected chi connectivity index (χ1v) is 13.9. The number of halogens is 3. The smallest absolute Gasteiger partial charge is 0.417 e. The van der Waals surface area contributed by atoms with Crippen molar-refractivity contribution >= 4 is 15.7 Å². The minimum absolute atomic E-state index is 0.0185. The third-order valence-electron chi connectivity index (χ3n) is 6.45. The van der Waals surface area contributed by atoms with Gasteiger partial charge in [0.2, 0.25) is 5.91 Å². The number of amides is 1. The van der Waals surface area contributed by atoms with E-state index in [0.717, 1.165) is 37.1 Å². The molecule has 2 aliphatic carbocycles. The average molecular weight is 552 g/mol. The predicted molar refractivity (Wildman–Crippen MR) is 132 cm³/mol. The highest BCUT2D eigenvalue weighted by Crippen LogP contribution is 2.37. The number of nitriles is 1. The Morgan fingerprint density at radius 1 is 1.18 bits per heavy atom. The molecule has 0 spiro atoms. The van der Waals surface area contributed by atoms with Crippen molar-refractivity contribution < 1.29 is 35.9 Å². The predicted octanol–water partition coefficient (Wildman–Crippen LogP) is 3.50. The van der Waals surface area contributed by atoms with Crippen LogP contribution in [0.2, 0.25) is 0 Å². The molecule has 2 atom stereocenters. The van der Waals surface area contributed by atoms with Crippen LogP contribution in [0.4, 0.5) is 13.2 Å². The summed E-state index contributed by atoms with van der Waals surface area (Å²) in [5.74, 6) is -2.54. The standard InChI is InChI=1S/C26H28F3N3O5S/c1-36-21-4-2-3-18(13-21)23(26(28,29)37-20-9-7-19(27)8-10-20)31-22(15-38(34,35)14-17-5-6-17)24(33)32-25(16-30)11-12-25/h2-4,7-10,13,17,22-23,31H,5-6,11-12,14-15H2,1H3,(H,32,33)/t22?,23-/m1/s1. The average Bonchev–Trinajstić information content (AvgIpc) is 3.81. The lowest BCUT2D eigenvalue weighted by atomic mass is 10.0. The number of hydrogen-bond donors (Lipinski definition) is 2. The number of methoxy groups -OCH3 is 1. The maximum atomic E-state index is 15.7. The Bertz CT molecular complexity index is 1310. The van der Waals surface area contributed by atoms with Gasteiger partial charge in [0.15, 0.2) is 9.84 Å². The number of carbonyl (C=O) groups is 1. The highest BCUT2D eigenvalue weighted by molar-refractivity contribution is 7.91. The van der Waals surface area contributed by atoms with Crippen molar-refractivity contribution in [3.8, 4) is 17.6 Å². The van der Waals surface area contributed by atoms with E-state index >= 15 is 8.78 Å². The second-order valence-corrected chi connectivity index (χ2v) is 11.9. The lowest BCUT2D eigenvalue weighted by Gasteiger charge is -2.32. The van der Waals surface area contributed by atoms with Crippen molar-refractivity contribution in [3.05, 3.63) is 59.9 Å². The Balaban J connectivity index is 1.67. The van der Waals surface area contributed by atoms with Gasteiger partial charge < -0.3 is 14.8 Å². The van der Waals surface area contributed by atoms with E-state index in [1.165, 1.54) is 31.4 Å². The molecule has 2 N–H and O–H groups in total. The molecule has 4 rings (SSSR count). The van der Waals surface area contributed by atoms with Gasteiger partial charge in [-0.05, 0) is 73.6 Å². The zero-order chi connectivity index (χ0) is 27.6. The van der Waals surface area contributed by atoms with Crippen LogP contribution in [0.25, 0.3) is 0 Å². The molecule has 12 heteroatoms. The van der Waals surface area contributed by atoms with Gasteiger partial charge >= 0.3 is 6.11 Å². The van der Waals surface area contributed by atoms with Crippen LogP contribution in [0, 0.1) is 23.1 Å². The number of nitrogens with one attached hydrogen (secondary N) is 2. The number of benzene rings is 2. The van der Waals surface area contributed by atoms with Gasteiger partial charge in [0, 0.05) is 0 Å². The summed E-state index contributed by atoms with van der Waals surface area (Å²) in [6.45, 7) is 0. The molecule has 1 unspecified atom stereocenters. The number of nitrogens with zero attached hydrogens (tertiary/aromatic N) is 1. The monoisotopic (exact) mass is 551 g/mol. The highest BCUT2D eigenvalue weighted by atomic mass is 32.2. The van der Waals surface area contributed by atoms with Crippen LogP contribution in [-0.2, 0) is 14.6 Å². The Labute approximate surface area is 219 Å². The van der Waals surface area contributed by atoms with Gasteiger partial charge in [0.05, 0.1) is 24.7 Å². The van der Waals surface area contributed by atoms with Gasteiger partial charge in [0.25, 0.3) is 0 Å². The lowest BCUT2D eigenvalue weighted by Crippen LogP contribution is -2.56. The van der Waals surface area contributed by atoms with E-state index in [1.807, 2.05) is 6.07 Å². The van der Waals surface area contributed by atoms with Crippen LogP contribution >= 0.6 is 0 Å². The van der Waals surface area contributed by atoms with E-state index in [2.05, 4.69) is 10.6 Å². The van der Waals surface area contributed by atoms with Crippen molar-refractivity contribution in [1.29, 1.82) is 5.26 Å². The minimum Gasteiger partial charge on any atom is -0.497 e. The number of carbonyl (C=O) groups excluding carboxylic acids is 1. The van der Waals surface area contributed by atoms with E-state index in [4.69, 9.17) is 9.47 Å². The first-order chi connectivity index (χ1) is 17.9. The fourth-order valence-electron chi connectivity index (χ4n) is 4.01. The molecular weight excluding hydrogens is 523 g/mol. The Kier molecular flexibility index (Phi) is 7.90.